The number of carbonyl (C=O) groups is 1. The number of aromatic nitrogens is 2. The van der Waals surface area contributed by atoms with Gasteiger partial charge in [-0.25, -0.2) is 8.78 Å². The maximum Gasteiger partial charge on any atom is 0.435 e. The van der Waals surface area contributed by atoms with Crippen LogP contribution in [0.25, 0.3) is 11.3 Å². The number of amides is 1. The van der Waals surface area contributed by atoms with Crippen molar-refractivity contribution in [3.05, 3.63) is 69.8 Å². The molecule has 1 aromatic heterocycles. The topological polar surface area (TPSA) is 76.3 Å². The Kier molecular flexibility index (Phi) is 5.87. The highest BCUT2D eigenvalue weighted by Crippen LogP contribution is 2.36. The van der Waals surface area contributed by atoms with Crippen molar-refractivity contribution >= 4 is 17.3 Å². The number of carbonyl (C=O) groups excluding carboxylic acids is 1. The van der Waals surface area contributed by atoms with Gasteiger partial charge in [-0.05, 0) is 54.9 Å². The molecule has 0 bridgehead atoms. The van der Waals surface area contributed by atoms with Gasteiger partial charge in [-0.3, -0.25) is 9.48 Å². The summed E-state index contributed by atoms with van der Waals surface area (Å²) in [5, 5.41) is 8.47. The number of hydrogen-bond donors (Lipinski definition) is 1. The van der Waals surface area contributed by atoms with E-state index in [2.05, 4.69) is 15.6 Å². The molecule has 1 N–H and O–H groups in total. The van der Waals surface area contributed by atoms with Crippen molar-refractivity contribution in [2.45, 2.75) is 26.6 Å². The fourth-order valence-corrected chi connectivity index (χ4v) is 2.92. The first kappa shape index (κ1) is 22.1. The quantitative estimate of drug-likeness (QED) is 0.403. The van der Waals surface area contributed by atoms with Crippen LogP contribution in [-0.4, -0.2) is 15.7 Å². The van der Waals surface area contributed by atoms with Crippen molar-refractivity contribution < 1.29 is 26.7 Å². The molecule has 3 aromatic rings. The number of hydrogen-bond acceptors (Lipinski definition) is 4. The minimum atomic E-state index is -4.68. The number of nitrogens with one attached hydrogen (secondary N) is 1. The lowest BCUT2D eigenvalue weighted by molar-refractivity contribution is -0.141. The Morgan fingerprint density at radius 1 is 1.13 bits per heavy atom. The summed E-state index contributed by atoms with van der Waals surface area (Å²) in [5.74, 6) is -3.22. The van der Waals surface area contributed by atoms with Gasteiger partial charge < -0.3 is 5.32 Å². The fraction of sp³-hybridized carbons (Fsp3) is 0.200. The molecule has 2 aromatic carbocycles. The number of benzene rings is 2. The molecule has 0 saturated heterocycles. The zero-order valence-electron chi connectivity index (χ0n) is 16.2. The molecule has 0 fully saturated rings. The van der Waals surface area contributed by atoms with Crippen molar-refractivity contribution in [2.75, 3.05) is 5.32 Å². The number of halogens is 5. The first-order chi connectivity index (χ1) is 14.6. The van der Waals surface area contributed by atoms with Gasteiger partial charge in [0.05, 0.1) is 11.4 Å². The largest absolute Gasteiger partial charge is 0.435 e. The minimum Gasteiger partial charge on any atom is -0.319 e. The molecular weight excluding hydrogens is 423 g/mol. The van der Waals surface area contributed by atoms with Gasteiger partial charge in [-0.15, -0.1) is 4.91 Å². The highest BCUT2D eigenvalue weighted by atomic mass is 19.4. The Labute approximate surface area is 172 Å². The van der Waals surface area contributed by atoms with E-state index in [4.69, 9.17) is 0 Å². The number of rotatable bonds is 5. The van der Waals surface area contributed by atoms with Gasteiger partial charge in [0.15, 0.2) is 17.3 Å². The number of aryl methyl sites for hydroxylation is 2. The molecule has 0 spiro atoms. The van der Waals surface area contributed by atoms with Crippen LogP contribution in [0.15, 0.2) is 41.6 Å². The molecule has 0 atom stereocenters. The number of nitrogens with zero attached hydrogens (tertiary/aromatic N) is 3. The average molecular weight is 438 g/mol. The summed E-state index contributed by atoms with van der Waals surface area (Å²) < 4.78 is 67.8. The Hall–Kier alpha value is -3.63. The molecule has 1 amide bonds. The zero-order valence-corrected chi connectivity index (χ0v) is 16.2. The molecule has 6 nitrogen and oxygen atoms in total. The average Bonchev–Trinajstić information content (AvgIpc) is 3.18. The second-order valence-electron chi connectivity index (χ2n) is 6.56. The summed E-state index contributed by atoms with van der Waals surface area (Å²) in [7, 11) is 0. The van der Waals surface area contributed by atoms with Crippen molar-refractivity contribution in [3.8, 4) is 11.3 Å². The summed E-state index contributed by atoms with van der Waals surface area (Å²) in [5.41, 5.74) is -1.91. The molecular formula is C20H15F5N4O2. The van der Waals surface area contributed by atoms with E-state index >= 15 is 0 Å². The van der Waals surface area contributed by atoms with Crippen molar-refractivity contribution in [1.82, 2.24) is 9.78 Å². The lowest BCUT2D eigenvalue weighted by atomic mass is 10.0. The summed E-state index contributed by atoms with van der Waals surface area (Å²) in [6, 6.07) is 6.73. The Bertz CT molecular complexity index is 1170. The van der Waals surface area contributed by atoms with E-state index < -0.39 is 35.1 Å². The van der Waals surface area contributed by atoms with E-state index in [9.17, 15) is 31.7 Å². The van der Waals surface area contributed by atoms with Crippen molar-refractivity contribution in [1.29, 1.82) is 0 Å². The summed E-state index contributed by atoms with van der Waals surface area (Å²) >= 11 is 0. The van der Waals surface area contributed by atoms with Crippen LogP contribution in [0.4, 0.5) is 33.3 Å². The lowest BCUT2D eigenvalue weighted by Gasteiger charge is -2.10. The fourth-order valence-electron chi connectivity index (χ4n) is 2.92. The molecule has 31 heavy (non-hydrogen) atoms. The maximum absolute atomic E-state index is 14.0. The Morgan fingerprint density at radius 2 is 1.84 bits per heavy atom. The lowest BCUT2D eigenvalue weighted by Crippen LogP contribution is -2.14. The number of nitroso groups, excluding NO2 is 1. The Balaban J connectivity index is 1.97. The van der Waals surface area contributed by atoms with Crippen LogP contribution < -0.4 is 5.32 Å². The van der Waals surface area contributed by atoms with Gasteiger partial charge >= 0.3 is 6.18 Å². The van der Waals surface area contributed by atoms with E-state index in [1.807, 2.05) is 0 Å². The third kappa shape index (κ3) is 4.30. The molecule has 3 rings (SSSR count). The molecule has 0 aliphatic carbocycles. The highest BCUT2D eigenvalue weighted by molar-refractivity contribution is 6.05. The van der Waals surface area contributed by atoms with E-state index in [1.54, 1.807) is 6.92 Å². The molecule has 11 heteroatoms. The predicted octanol–water partition coefficient (Wildman–Crippen LogP) is 5.83. The van der Waals surface area contributed by atoms with Crippen LogP contribution in [0.5, 0.6) is 0 Å². The van der Waals surface area contributed by atoms with Gasteiger partial charge in [0.25, 0.3) is 5.91 Å². The van der Waals surface area contributed by atoms with Gasteiger partial charge in [0, 0.05) is 17.7 Å². The molecule has 0 aliphatic heterocycles. The third-order valence-corrected chi connectivity index (χ3v) is 4.53. The van der Waals surface area contributed by atoms with Gasteiger partial charge in [0.2, 0.25) is 0 Å². The molecule has 162 valence electrons. The van der Waals surface area contributed by atoms with Gasteiger partial charge in [0.1, 0.15) is 5.69 Å². The first-order valence-electron chi connectivity index (χ1n) is 8.95. The molecule has 0 aliphatic rings. The van der Waals surface area contributed by atoms with Crippen LogP contribution in [0, 0.1) is 23.5 Å². The maximum atomic E-state index is 14.0. The number of anilines is 1. The van der Waals surface area contributed by atoms with Crippen LogP contribution in [0.2, 0.25) is 0 Å². The monoisotopic (exact) mass is 438 g/mol. The minimum absolute atomic E-state index is 0.0111. The summed E-state index contributed by atoms with van der Waals surface area (Å²) in [6.45, 7) is 3.02. The van der Waals surface area contributed by atoms with Gasteiger partial charge in [-0.1, -0.05) is 6.07 Å². The number of alkyl halides is 3. The molecule has 0 saturated carbocycles. The van der Waals surface area contributed by atoms with Crippen LogP contribution in [0.1, 0.15) is 28.5 Å². The molecule has 0 unspecified atom stereocenters. The predicted molar refractivity (Wildman–Crippen MR) is 103 cm³/mol. The summed E-state index contributed by atoms with van der Waals surface area (Å²) in [6.07, 6.45) is -4.68. The van der Waals surface area contributed by atoms with Gasteiger partial charge in [-0.2, -0.15) is 18.3 Å². The molecule has 0 radical (unpaired) electrons. The van der Waals surface area contributed by atoms with Crippen LogP contribution >= 0.6 is 0 Å². The Morgan fingerprint density at radius 3 is 2.45 bits per heavy atom. The molecule has 1 heterocycles. The summed E-state index contributed by atoms with van der Waals surface area (Å²) in [4.78, 5) is 23.8. The van der Waals surface area contributed by atoms with E-state index in [0.29, 0.717) is 0 Å². The smallest absolute Gasteiger partial charge is 0.319 e. The van der Waals surface area contributed by atoms with Crippen molar-refractivity contribution in [2.24, 2.45) is 5.18 Å². The van der Waals surface area contributed by atoms with E-state index in [-0.39, 0.29) is 34.6 Å². The first-order valence-corrected chi connectivity index (χ1v) is 8.95. The van der Waals surface area contributed by atoms with Crippen molar-refractivity contribution in [3.63, 3.8) is 0 Å². The zero-order chi connectivity index (χ0) is 22.9. The second-order valence-corrected chi connectivity index (χ2v) is 6.56. The van der Waals surface area contributed by atoms with E-state index in [0.717, 1.165) is 16.8 Å². The highest BCUT2D eigenvalue weighted by Gasteiger charge is 2.35. The SMILES string of the molecule is CCn1nc(C(F)(F)F)cc1-c1ccc(C(=O)Nc2ccc(C)c(F)c2F)cc1N=O. The standard InChI is InChI=1S/C20H15F5N4O2/c1-3-29-15(9-16(27-29)20(23,24)25)12-6-5-11(8-14(12)28-31)19(30)26-13-7-4-10(2)17(21)18(13)22/h4-9H,3H2,1-2H3,(H,26,30). The normalized spacial score (nSPS) is 11.5. The van der Waals surface area contributed by atoms with E-state index in [1.165, 1.54) is 31.2 Å². The van der Waals surface area contributed by atoms with Crippen LogP contribution in [0.3, 0.4) is 0 Å². The van der Waals surface area contributed by atoms with Crippen LogP contribution in [-0.2, 0) is 12.7 Å². The second kappa shape index (κ2) is 8.25. The third-order valence-electron chi connectivity index (χ3n) is 4.53.